The van der Waals surface area contributed by atoms with E-state index in [0.29, 0.717) is 0 Å². The fraction of sp³-hybridized carbons (Fsp3) is 0.333. The highest BCUT2D eigenvalue weighted by Crippen LogP contribution is 2.25. The van der Waals surface area contributed by atoms with Crippen molar-refractivity contribution in [2.75, 3.05) is 11.9 Å². The third kappa shape index (κ3) is 2.72. The molecule has 2 rings (SSSR count). The van der Waals surface area contributed by atoms with Crippen LogP contribution in [0.2, 0.25) is 0 Å². The van der Waals surface area contributed by atoms with Gasteiger partial charge in [-0.05, 0) is 25.3 Å². The first-order valence-electron chi connectivity index (χ1n) is 5.97. The lowest BCUT2D eigenvalue weighted by molar-refractivity contribution is -0.142. The summed E-state index contributed by atoms with van der Waals surface area (Å²) in [6, 6.07) is 0.662. The fourth-order valence-corrected chi connectivity index (χ4v) is 2.62. The van der Waals surface area contributed by atoms with Gasteiger partial charge in [-0.25, -0.2) is 9.59 Å². The zero-order valence-corrected chi connectivity index (χ0v) is 12.1. The quantitative estimate of drug-likeness (QED) is 0.696. The second kappa shape index (κ2) is 5.17. The number of piperazine rings is 1. The molecule has 2 heterocycles. The zero-order valence-electron chi connectivity index (χ0n) is 11.3. The second-order valence-corrected chi connectivity index (χ2v) is 5.84. The molecule has 1 saturated heterocycles. The average Bonchev–Trinajstić information content (AvgIpc) is 2.82. The highest BCUT2D eigenvalue weighted by molar-refractivity contribution is 7.14. The van der Waals surface area contributed by atoms with Crippen molar-refractivity contribution in [3.05, 3.63) is 17.0 Å². The molecule has 9 heteroatoms. The van der Waals surface area contributed by atoms with Crippen LogP contribution < -0.4 is 10.6 Å². The summed E-state index contributed by atoms with van der Waals surface area (Å²) in [6.07, 6.45) is 0. The normalized spacial score (nSPS) is 17.3. The van der Waals surface area contributed by atoms with Crippen molar-refractivity contribution in [3.63, 3.8) is 0 Å². The Balaban J connectivity index is 2.23. The Morgan fingerprint density at radius 1 is 1.43 bits per heavy atom. The SMILES string of the molecule is CC1(C)C(=O)NC(=O)CN1C(=O)Nc1sccc1C(=O)O. The van der Waals surface area contributed by atoms with E-state index in [9.17, 15) is 19.2 Å². The molecule has 1 fully saturated rings. The first kappa shape index (κ1) is 15.0. The number of carboxylic acids is 1. The molecular weight excluding hydrogens is 298 g/mol. The predicted molar refractivity (Wildman–Crippen MR) is 74.2 cm³/mol. The van der Waals surface area contributed by atoms with E-state index in [1.165, 1.54) is 25.3 Å². The van der Waals surface area contributed by atoms with Gasteiger partial charge in [0.2, 0.25) is 5.91 Å². The summed E-state index contributed by atoms with van der Waals surface area (Å²) in [7, 11) is 0. The third-order valence-corrected chi connectivity index (χ3v) is 3.98. The first-order valence-corrected chi connectivity index (χ1v) is 6.85. The topological polar surface area (TPSA) is 116 Å². The number of anilines is 1. The largest absolute Gasteiger partial charge is 0.478 e. The van der Waals surface area contributed by atoms with E-state index < -0.39 is 29.4 Å². The lowest BCUT2D eigenvalue weighted by Gasteiger charge is -2.39. The molecule has 112 valence electrons. The fourth-order valence-electron chi connectivity index (χ4n) is 1.85. The van der Waals surface area contributed by atoms with Crippen LogP contribution in [0.5, 0.6) is 0 Å². The van der Waals surface area contributed by atoms with Gasteiger partial charge in [-0.1, -0.05) is 0 Å². The van der Waals surface area contributed by atoms with Gasteiger partial charge in [-0.15, -0.1) is 11.3 Å². The number of aromatic carboxylic acids is 1. The number of carbonyl (C=O) groups excluding carboxylic acids is 3. The summed E-state index contributed by atoms with van der Waals surface area (Å²) in [6.45, 7) is 2.72. The number of rotatable bonds is 2. The minimum absolute atomic E-state index is 0.0426. The van der Waals surface area contributed by atoms with Crippen LogP contribution in [0.15, 0.2) is 11.4 Å². The van der Waals surface area contributed by atoms with Crippen LogP contribution in [0.25, 0.3) is 0 Å². The summed E-state index contributed by atoms with van der Waals surface area (Å²) < 4.78 is 0. The van der Waals surface area contributed by atoms with Gasteiger partial charge in [-0.3, -0.25) is 20.2 Å². The monoisotopic (exact) mass is 311 g/mol. The lowest BCUT2D eigenvalue weighted by Crippen LogP contribution is -2.66. The third-order valence-electron chi connectivity index (χ3n) is 3.15. The average molecular weight is 311 g/mol. The molecule has 0 unspecified atom stereocenters. The highest BCUT2D eigenvalue weighted by atomic mass is 32.1. The van der Waals surface area contributed by atoms with Crippen molar-refractivity contribution < 1.29 is 24.3 Å². The van der Waals surface area contributed by atoms with Crippen LogP contribution in [-0.4, -0.2) is 45.9 Å². The van der Waals surface area contributed by atoms with Gasteiger partial charge in [0.15, 0.2) is 0 Å². The van der Waals surface area contributed by atoms with E-state index in [4.69, 9.17) is 5.11 Å². The maximum Gasteiger partial charge on any atom is 0.338 e. The standard InChI is InChI=1S/C12H13N3O5S/c1-12(2)10(19)13-7(16)5-15(12)11(20)14-8-6(9(17)18)3-4-21-8/h3-4H,5H2,1-2H3,(H,14,20)(H,17,18)(H,13,16,19). The van der Waals surface area contributed by atoms with Gasteiger partial charge in [-0.2, -0.15) is 0 Å². The van der Waals surface area contributed by atoms with Crippen molar-refractivity contribution in [2.24, 2.45) is 0 Å². The van der Waals surface area contributed by atoms with Crippen molar-refractivity contribution in [3.8, 4) is 0 Å². The molecule has 1 aromatic rings. The molecule has 0 saturated carbocycles. The minimum atomic E-state index is -1.21. The molecule has 3 N–H and O–H groups in total. The molecule has 4 amide bonds. The van der Waals surface area contributed by atoms with E-state index in [1.54, 1.807) is 0 Å². The molecule has 8 nitrogen and oxygen atoms in total. The number of hydrogen-bond donors (Lipinski definition) is 3. The van der Waals surface area contributed by atoms with Gasteiger partial charge in [0.1, 0.15) is 17.1 Å². The number of imide groups is 1. The highest BCUT2D eigenvalue weighted by Gasteiger charge is 2.43. The number of nitrogens with one attached hydrogen (secondary N) is 2. The first-order chi connectivity index (χ1) is 9.73. The van der Waals surface area contributed by atoms with E-state index in [1.807, 2.05) is 0 Å². The maximum atomic E-state index is 12.2. The molecular formula is C12H13N3O5S. The van der Waals surface area contributed by atoms with Crippen molar-refractivity contribution >= 4 is 40.2 Å². The maximum absolute atomic E-state index is 12.2. The van der Waals surface area contributed by atoms with Gasteiger partial charge < -0.3 is 10.0 Å². The number of thiophene rings is 1. The van der Waals surface area contributed by atoms with Crippen LogP contribution in [0.4, 0.5) is 9.80 Å². The summed E-state index contributed by atoms with van der Waals surface area (Å²) >= 11 is 1.05. The smallest absolute Gasteiger partial charge is 0.338 e. The molecule has 0 aromatic carbocycles. The molecule has 1 aliphatic rings. The Morgan fingerprint density at radius 2 is 2.10 bits per heavy atom. The molecule has 1 aromatic heterocycles. The molecule has 0 aliphatic carbocycles. The van der Waals surface area contributed by atoms with Crippen LogP contribution in [0.3, 0.4) is 0 Å². The van der Waals surface area contributed by atoms with E-state index >= 15 is 0 Å². The van der Waals surface area contributed by atoms with Gasteiger partial charge in [0.05, 0.1) is 5.56 Å². The van der Waals surface area contributed by atoms with Crippen LogP contribution in [-0.2, 0) is 9.59 Å². The molecule has 21 heavy (non-hydrogen) atoms. The van der Waals surface area contributed by atoms with Crippen LogP contribution in [0, 0.1) is 0 Å². The molecule has 1 aliphatic heterocycles. The predicted octanol–water partition coefficient (Wildman–Crippen LogP) is 0.715. The Hall–Kier alpha value is -2.42. The number of carbonyl (C=O) groups is 4. The second-order valence-electron chi connectivity index (χ2n) is 4.92. The van der Waals surface area contributed by atoms with Crippen molar-refractivity contribution in [1.29, 1.82) is 0 Å². The number of nitrogens with zero attached hydrogens (tertiary/aromatic N) is 1. The van der Waals surface area contributed by atoms with Crippen LogP contribution in [0.1, 0.15) is 24.2 Å². The van der Waals surface area contributed by atoms with Gasteiger partial charge >= 0.3 is 12.0 Å². The Morgan fingerprint density at radius 3 is 2.71 bits per heavy atom. The van der Waals surface area contributed by atoms with Crippen molar-refractivity contribution in [1.82, 2.24) is 10.2 Å². The van der Waals surface area contributed by atoms with Crippen molar-refractivity contribution in [2.45, 2.75) is 19.4 Å². The van der Waals surface area contributed by atoms with E-state index in [-0.39, 0.29) is 17.1 Å². The number of hydrogen-bond acceptors (Lipinski definition) is 5. The molecule has 0 atom stereocenters. The van der Waals surface area contributed by atoms with Gasteiger partial charge in [0.25, 0.3) is 5.91 Å². The number of amides is 4. The Bertz CT molecular complexity index is 637. The van der Waals surface area contributed by atoms with E-state index in [2.05, 4.69) is 10.6 Å². The van der Waals surface area contributed by atoms with E-state index in [0.717, 1.165) is 16.2 Å². The van der Waals surface area contributed by atoms with Gasteiger partial charge in [0, 0.05) is 0 Å². The Kier molecular flexibility index (Phi) is 3.69. The summed E-state index contributed by atoms with van der Waals surface area (Å²) in [5.74, 6) is -2.34. The summed E-state index contributed by atoms with van der Waals surface area (Å²) in [5, 5.41) is 15.3. The molecule has 0 spiro atoms. The minimum Gasteiger partial charge on any atom is -0.478 e. The summed E-state index contributed by atoms with van der Waals surface area (Å²) in [5.41, 5.74) is -1.25. The number of carboxylic acid groups (broad SMARTS) is 1. The molecule has 0 bridgehead atoms. The Labute approximate surface area is 123 Å². The lowest BCUT2D eigenvalue weighted by atomic mass is 9.99. The van der Waals surface area contributed by atoms with Crippen LogP contribution >= 0.6 is 11.3 Å². The summed E-state index contributed by atoms with van der Waals surface area (Å²) in [4.78, 5) is 47.5. The molecule has 0 radical (unpaired) electrons. The zero-order chi connectivity index (χ0) is 15.8. The number of urea groups is 1.